The standard InChI is InChI=1S/C24H24FN3O3/c1-13(2)28-12-20(31-23-14(3)8-16(25)9-15(23)4)18(10-21(28)29)19-11-27(5)24(30)22-17(19)6-7-26-22/h6-13,26H,1-5H3. The van der Waals surface area contributed by atoms with Crippen molar-refractivity contribution in [3.63, 3.8) is 0 Å². The Bertz CT molecular complexity index is 1400. The highest BCUT2D eigenvalue weighted by Gasteiger charge is 2.19. The highest BCUT2D eigenvalue weighted by atomic mass is 19.1. The molecule has 1 N–H and O–H groups in total. The molecule has 6 nitrogen and oxygen atoms in total. The van der Waals surface area contributed by atoms with Gasteiger partial charge in [-0.15, -0.1) is 0 Å². The molecule has 160 valence electrons. The Morgan fingerprint density at radius 3 is 2.35 bits per heavy atom. The van der Waals surface area contributed by atoms with Crippen LogP contribution < -0.4 is 15.9 Å². The average molecular weight is 421 g/mol. The summed E-state index contributed by atoms with van der Waals surface area (Å²) in [6.45, 7) is 7.38. The van der Waals surface area contributed by atoms with Crippen molar-refractivity contribution in [2.75, 3.05) is 0 Å². The first kappa shape index (κ1) is 20.7. The predicted octanol–water partition coefficient (Wildman–Crippen LogP) is 4.82. The number of hydrogen-bond acceptors (Lipinski definition) is 3. The van der Waals surface area contributed by atoms with Gasteiger partial charge in [-0.1, -0.05) is 0 Å². The zero-order chi connectivity index (χ0) is 22.4. The maximum atomic E-state index is 13.8. The number of nitrogens with one attached hydrogen (secondary N) is 1. The van der Waals surface area contributed by atoms with E-state index in [4.69, 9.17) is 4.74 Å². The third-order valence-electron chi connectivity index (χ3n) is 5.42. The summed E-state index contributed by atoms with van der Waals surface area (Å²) in [6.07, 6.45) is 5.07. The van der Waals surface area contributed by atoms with E-state index >= 15 is 0 Å². The van der Waals surface area contributed by atoms with Crippen molar-refractivity contribution in [1.29, 1.82) is 0 Å². The van der Waals surface area contributed by atoms with Crippen LogP contribution in [0.25, 0.3) is 22.0 Å². The number of fused-ring (bicyclic) bond motifs is 1. The summed E-state index contributed by atoms with van der Waals surface area (Å²) < 4.78 is 23.2. The summed E-state index contributed by atoms with van der Waals surface area (Å²) in [7, 11) is 1.66. The monoisotopic (exact) mass is 421 g/mol. The average Bonchev–Trinajstić information content (AvgIpc) is 3.18. The Morgan fingerprint density at radius 2 is 1.71 bits per heavy atom. The van der Waals surface area contributed by atoms with Crippen LogP contribution in [0.5, 0.6) is 11.5 Å². The Balaban J connectivity index is 2.02. The molecule has 1 aromatic carbocycles. The maximum absolute atomic E-state index is 13.8. The van der Waals surface area contributed by atoms with Gasteiger partial charge >= 0.3 is 0 Å². The van der Waals surface area contributed by atoms with Crippen LogP contribution >= 0.6 is 0 Å². The van der Waals surface area contributed by atoms with E-state index in [1.165, 1.54) is 22.8 Å². The van der Waals surface area contributed by atoms with Gasteiger partial charge in [-0.25, -0.2) is 4.39 Å². The Labute approximate surface area is 178 Å². The van der Waals surface area contributed by atoms with Crippen LogP contribution in [0.3, 0.4) is 0 Å². The zero-order valence-corrected chi connectivity index (χ0v) is 18.1. The molecule has 0 aliphatic carbocycles. The van der Waals surface area contributed by atoms with Gasteiger partial charge in [0.2, 0.25) is 0 Å². The molecule has 4 aromatic rings. The minimum atomic E-state index is -0.332. The SMILES string of the molecule is Cc1cc(F)cc(C)c1Oc1cn(C(C)C)c(=O)cc1-c1cn(C)c(=O)c2[nH]ccc12. The third kappa shape index (κ3) is 3.56. The van der Waals surface area contributed by atoms with Crippen LogP contribution in [0.2, 0.25) is 0 Å². The summed E-state index contributed by atoms with van der Waals surface area (Å²) in [5.41, 5.74) is 2.67. The minimum Gasteiger partial charge on any atom is -0.455 e. The number of halogens is 1. The van der Waals surface area contributed by atoms with E-state index in [1.807, 2.05) is 13.8 Å². The molecular weight excluding hydrogens is 397 g/mol. The Morgan fingerprint density at radius 1 is 1.03 bits per heavy atom. The van der Waals surface area contributed by atoms with Crippen LogP contribution in [0, 0.1) is 19.7 Å². The van der Waals surface area contributed by atoms with Crippen LogP contribution in [-0.4, -0.2) is 14.1 Å². The number of benzene rings is 1. The Hall–Kier alpha value is -3.61. The largest absolute Gasteiger partial charge is 0.455 e. The first-order valence-electron chi connectivity index (χ1n) is 10.0. The van der Waals surface area contributed by atoms with Gasteiger partial charge in [0.25, 0.3) is 11.1 Å². The molecule has 0 aliphatic heterocycles. The van der Waals surface area contributed by atoms with E-state index < -0.39 is 0 Å². The van der Waals surface area contributed by atoms with Crippen molar-refractivity contribution in [2.24, 2.45) is 7.05 Å². The van der Waals surface area contributed by atoms with E-state index in [-0.39, 0.29) is 23.0 Å². The molecular formula is C24H24FN3O3. The predicted molar refractivity (Wildman–Crippen MR) is 120 cm³/mol. The fourth-order valence-corrected chi connectivity index (χ4v) is 3.88. The molecule has 0 saturated heterocycles. The smallest absolute Gasteiger partial charge is 0.274 e. The number of rotatable bonds is 4. The number of H-pyrrole nitrogens is 1. The molecule has 31 heavy (non-hydrogen) atoms. The van der Waals surface area contributed by atoms with Crippen molar-refractivity contribution >= 4 is 10.9 Å². The minimum absolute atomic E-state index is 0.0771. The molecule has 0 unspecified atom stereocenters. The van der Waals surface area contributed by atoms with Crippen LogP contribution in [0.1, 0.15) is 31.0 Å². The third-order valence-corrected chi connectivity index (χ3v) is 5.42. The second-order valence-corrected chi connectivity index (χ2v) is 8.09. The summed E-state index contributed by atoms with van der Waals surface area (Å²) >= 11 is 0. The second-order valence-electron chi connectivity index (χ2n) is 8.09. The molecule has 0 bridgehead atoms. The van der Waals surface area contributed by atoms with Gasteiger partial charge in [0.15, 0.2) is 5.75 Å². The lowest BCUT2D eigenvalue weighted by atomic mass is 10.0. The normalized spacial score (nSPS) is 11.5. The van der Waals surface area contributed by atoms with Crippen LogP contribution in [-0.2, 0) is 7.05 Å². The number of aryl methyl sites for hydroxylation is 3. The molecule has 7 heteroatoms. The quantitative estimate of drug-likeness (QED) is 0.513. The van der Waals surface area contributed by atoms with Crippen molar-refractivity contribution < 1.29 is 9.13 Å². The van der Waals surface area contributed by atoms with Gasteiger partial charge in [-0.3, -0.25) is 9.59 Å². The van der Waals surface area contributed by atoms with E-state index in [9.17, 15) is 14.0 Å². The summed E-state index contributed by atoms with van der Waals surface area (Å²) in [5.74, 6) is 0.654. The zero-order valence-electron chi connectivity index (χ0n) is 18.1. The molecule has 0 saturated carbocycles. The van der Waals surface area contributed by atoms with Crippen LogP contribution in [0.15, 0.2) is 52.4 Å². The summed E-state index contributed by atoms with van der Waals surface area (Å²) in [6, 6.07) is 6.08. The van der Waals surface area contributed by atoms with Crippen LogP contribution in [0.4, 0.5) is 4.39 Å². The number of ether oxygens (including phenoxy) is 1. The molecule has 3 aromatic heterocycles. The molecule has 4 rings (SSSR count). The number of nitrogens with zero attached hydrogens (tertiary/aromatic N) is 2. The first-order valence-corrected chi connectivity index (χ1v) is 10.0. The molecule has 0 radical (unpaired) electrons. The first-order chi connectivity index (χ1) is 14.7. The lowest BCUT2D eigenvalue weighted by molar-refractivity contribution is 0.459. The molecule has 0 amide bonds. The van der Waals surface area contributed by atoms with Gasteiger partial charge in [-0.2, -0.15) is 0 Å². The molecule has 0 aliphatic rings. The van der Waals surface area contributed by atoms with Crippen molar-refractivity contribution in [2.45, 2.75) is 33.7 Å². The topological polar surface area (TPSA) is 69.0 Å². The number of hydrogen-bond donors (Lipinski definition) is 1. The number of aromatic nitrogens is 3. The lowest BCUT2D eigenvalue weighted by Gasteiger charge is -2.19. The Kier molecular flexibility index (Phi) is 5.05. The fourth-order valence-electron chi connectivity index (χ4n) is 3.88. The fraction of sp³-hybridized carbons (Fsp3) is 0.250. The second kappa shape index (κ2) is 7.58. The van der Waals surface area contributed by atoms with E-state index in [0.29, 0.717) is 44.7 Å². The molecule has 0 spiro atoms. The van der Waals surface area contributed by atoms with Gasteiger partial charge in [-0.05, 0) is 57.0 Å². The van der Waals surface area contributed by atoms with Crippen molar-refractivity contribution in [3.05, 3.63) is 80.5 Å². The van der Waals surface area contributed by atoms with E-state index in [1.54, 1.807) is 50.1 Å². The highest BCUT2D eigenvalue weighted by Crippen LogP contribution is 2.38. The van der Waals surface area contributed by atoms with E-state index in [2.05, 4.69) is 4.98 Å². The number of aromatic amines is 1. The summed E-state index contributed by atoms with van der Waals surface area (Å²) in [4.78, 5) is 28.3. The van der Waals surface area contributed by atoms with Gasteiger partial charge < -0.3 is 18.9 Å². The number of pyridine rings is 2. The molecule has 0 fully saturated rings. The van der Waals surface area contributed by atoms with Gasteiger partial charge in [0.1, 0.15) is 17.1 Å². The summed E-state index contributed by atoms with van der Waals surface area (Å²) in [5, 5.41) is 0.696. The van der Waals surface area contributed by atoms with Gasteiger partial charge in [0, 0.05) is 48.1 Å². The van der Waals surface area contributed by atoms with Crippen molar-refractivity contribution in [3.8, 4) is 22.6 Å². The highest BCUT2D eigenvalue weighted by molar-refractivity contribution is 5.95. The van der Waals surface area contributed by atoms with E-state index in [0.717, 1.165) is 0 Å². The lowest BCUT2D eigenvalue weighted by Crippen LogP contribution is -2.21. The van der Waals surface area contributed by atoms with Crippen molar-refractivity contribution in [1.82, 2.24) is 14.1 Å². The molecule has 3 heterocycles. The maximum Gasteiger partial charge on any atom is 0.274 e. The van der Waals surface area contributed by atoms with Gasteiger partial charge in [0.05, 0.1) is 6.20 Å². The molecule has 0 atom stereocenters.